The van der Waals surface area contributed by atoms with Crippen LogP contribution in [0.1, 0.15) is 57.4 Å². The molecular formula is C21H24N2O. The standard InChI is InChI=1S/C21H24N2O/c1-16(2)13-21(14-22,15-23)19(17-9-5-4-6-10-17)20(3)12-8-7-11-18(20)24/h4-6,9-10,19H,1,7-8,11-13H2,2-3H3/t19-,20+/m1/s1. The first-order chi connectivity index (χ1) is 11.4. The second-order valence-corrected chi connectivity index (χ2v) is 7.22. The molecule has 0 N–H and O–H groups in total. The average molecular weight is 320 g/mol. The molecule has 2 atom stereocenters. The molecule has 1 aromatic rings. The largest absolute Gasteiger partial charge is 0.299 e. The van der Waals surface area contributed by atoms with Gasteiger partial charge in [-0.1, -0.05) is 49.2 Å². The Kier molecular flexibility index (Phi) is 5.25. The molecular weight excluding hydrogens is 296 g/mol. The lowest BCUT2D eigenvalue weighted by Gasteiger charge is -2.44. The van der Waals surface area contributed by atoms with Gasteiger partial charge in [-0.25, -0.2) is 0 Å². The van der Waals surface area contributed by atoms with Crippen LogP contribution in [0.4, 0.5) is 0 Å². The van der Waals surface area contributed by atoms with Crippen LogP contribution >= 0.6 is 0 Å². The minimum Gasteiger partial charge on any atom is -0.299 e. The van der Waals surface area contributed by atoms with Crippen LogP contribution in [-0.4, -0.2) is 5.78 Å². The normalized spacial score (nSPS) is 22.2. The smallest absolute Gasteiger partial charge is 0.155 e. The predicted molar refractivity (Wildman–Crippen MR) is 93.9 cm³/mol. The Morgan fingerprint density at radius 2 is 1.92 bits per heavy atom. The number of ketones is 1. The molecule has 0 amide bonds. The van der Waals surface area contributed by atoms with Gasteiger partial charge in [-0.3, -0.25) is 4.79 Å². The van der Waals surface area contributed by atoms with Gasteiger partial charge in [0.05, 0.1) is 12.1 Å². The number of carbonyl (C=O) groups is 1. The highest BCUT2D eigenvalue weighted by Gasteiger charge is 2.54. The fourth-order valence-corrected chi connectivity index (χ4v) is 4.16. The summed E-state index contributed by atoms with van der Waals surface area (Å²) < 4.78 is 0. The maximum atomic E-state index is 12.9. The van der Waals surface area contributed by atoms with Gasteiger partial charge in [0.2, 0.25) is 0 Å². The topological polar surface area (TPSA) is 64.7 Å². The SMILES string of the molecule is C=C(C)CC(C#N)(C#N)[C@H](c1ccccc1)[C@@]1(C)CCCCC1=O. The quantitative estimate of drug-likeness (QED) is 0.723. The molecule has 0 bridgehead atoms. The third kappa shape index (κ3) is 3.13. The maximum Gasteiger partial charge on any atom is 0.155 e. The second-order valence-electron chi connectivity index (χ2n) is 7.22. The number of allylic oxidation sites excluding steroid dienone is 1. The van der Waals surface area contributed by atoms with Crippen LogP contribution in [0, 0.1) is 33.5 Å². The number of carbonyl (C=O) groups excluding carboxylic acids is 1. The highest BCUT2D eigenvalue weighted by atomic mass is 16.1. The van der Waals surface area contributed by atoms with Gasteiger partial charge in [-0.05, 0) is 25.3 Å². The van der Waals surface area contributed by atoms with E-state index in [4.69, 9.17) is 0 Å². The van der Waals surface area contributed by atoms with Crippen molar-refractivity contribution in [3.8, 4) is 12.1 Å². The molecule has 1 aliphatic carbocycles. The Hall–Kier alpha value is -2.39. The van der Waals surface area contributed by atoms with E-state index in [1.807, 2.05) is 44.2 Å². The summed E-state index contributed by atoms with van der Waals surface area (Å²) in [5, 5.41) is 19.9. The van der Waals surface area contributed by atoms with E-state index in [1.54, 1.807) is 0 Å². The lowest BCUT2D eigenvalue weighted by atomic mass is 9.54. The zero-order valence-electron chi connectivity index (χ0n) is 14.5. The average Bonchev–Trinajstić information content (AvgIpc) is 2.57. The molecule has 1 saturated carbocycles. The van der Waals surface area contributed by atoms with Crippen molar-refractivity contribution in [3.05, 3.63) is 48.0 Å². The zero-order chi connectivity index (χ0) is 17.8. The van der Waals surface area contributed by atoms with E-state index in [9.17, 15) is 15.3 Å². The third-order valence-corrected chi connectivity index (χ3v) is 5.23. The van der Waals surface area contributed by atoms with E-state index in [-0.39, 0.29) is 12.2 Å². The van der Waals surface area contributed by atoms with E-state index in [1.165, 1.54) is 0 Å². The molecule has 1 aromatic carbocycles. The van der Waals surface area contributed by atoms with Gasteiger partial charge in [0.1, 0.15) is 5.78 Å². The zero-order valence-corrected chi connectivity index (χ0v) is 14.5. The van der Waals surface area contributed by atoms with Crippen molar-refractivity contribution < 1.29 is 4.79 Å². The van der Waals surface area contributed by atoms with Gasteiger partial charge < -0.3 is 0 Å². The van der Waals surface area contributed by atoms with Crippen LogP contribution in [0.3, 0.4) is 0 Å². The van der Waals surface area contributed by atoms with E-state index in [2.05, 4.69) is 18.7 Å². The Morgan fingerprint density at radius 1 is 1.29 bits per heavy atom. The molecule has 1 aliphatic rings. The van der Waals surface area contributed by atoms with E-state index >= 15 is 0 Å². The summed E-state index contributed by atoms with van der Waals surface area (Å²) in [5.74, 6) is -0.287. The van der Waals surface area contributed by atoms with Gasteiger partial charge >= 0.3 is 0 Å². The van der Waals surface area contributed by atoms with Gasteiger partial charge in [0.25, 0.3) is 0 Å². The lowest BCUT2D eigenvalue weighted by molar-refractivity contribution is -0.133. The van der Waals surface area contributed by atoms with Crippen molar-refractivity contribution in [2.24, 2.45) is 10.8 Å². The van der Waals surface area contributed by atoms with Crippen LogP contribution in [0.2, 0.25) is 0 Å². The van der Waals surface area contributed by atoms with Crippen molar-refractivity contribution in [3.63, 3.8) is 0 Å². The van der Waals surface area contributed by atoms with Crippen LogP contribution in [-0.2, 0) is 4.79 Å². The summed E-state index contributed by atoms with van der Waals surface area (Å²) in [7, 11) is 0. The monoisotopic (exact) mass is 320 g/mol. The Labute approximate surface area is 144 Å². The highest BCUT2D eigenvalue weighted by Crippen LogP contribution is 2.54. The number of nitrogens with zero attached hydrogens (tertiary/aromatic N) is 2. The van der Waals surface area contributed by atoms with E-state index < -0.39 is 16.7 Å². The van der Waals surface area contributed by atoms with Crippen molar-refractivity contribution in [1.82, 2.24) is 0 Å². The minimum atomic E-state index is -1.28. The molecule has 124 valence electrons. The van der Waals surface area contributed by atoms with Crippen molar-refractivity contribution in [2.45, 2.75) is 51.9 Å². The molecule has 1 fully saturated rings. The summed E-state index contributed by atoms with van der Waals surface area (Å²) in [6.45, 7) is 7.68. The molecule has 0 aromatic heterocycles. The lowest BCUT2D eigenvalue weighted by Crippen LogP contribution is -2.45. The minimum absolute atomic E-state index is 0.166. The summed E-state index contributed by atoms with van der Waals surface area (Å²) in [6.07, 6.45) is 3.36. The molecule has 0 heterocycles. The number of hydrogen-bond donors (Lipinski definition) is 0. The van der Waals surface area contributed by atoms with Crippen molar-refractivity contribution in [2.75, 3.05) is 0 Å². The Bertz CT molecular complexity index is 694. The van der Waals surface area contributed by atoms with E-state index in [0.29, 0.717) is 12.8 Å². The van der Waals surface area contributed by atoms with E-state index in [0.717, 1.165) is 24.0 Å². The van der Waals surface area contributed by atoms with Crippen molar-refractivity contribution >= 4 is 5.78 Å². The number of nitriles is 2. The molecule has 3 nitrogen and oxygen atoms in total. The molecule has 24 heavy (non-hydrogen) atoms. The maximum absolute atomic E-state index is 12.9. The first kappa shape index (κ1) is 18.0. The summed E-state index contributed by atoms with van der Waals surface area (Å²) >= 11 is 0. The van der Waals surface area contributed by atoms with Crippen LogP contribution in [0.25, 0.3) is 0 Å². The van der Waals surface area contributed by atoms with Gasteiger partial charge in [-0.2, -0.15) is 10.5 Å². The summed E-state index contributed by atoms with van der Waals surface area (Å²) in [4.78, 5) is 12.9. The first-order valence-electron chi connectivity index (χ1n) is 8.45. The van der Waals surface area contributed by atoms with Gasteiger partial charge in [0.15, 0.2) is 5.41 Å². The number of benzene rings is 1. The molecule has 0 unspecified atom stereocenters. The molecule has 0 radical (unpaired) electrons. The molecule has 0 spiro atoms. The second kappa shape index (κ2) is 7.02. The Balaban J connectivity index is 2.68. The number of rotatable bonds is 5. The molecule has 3 heteroatoms. The Morgan fingerprint density at radius 3 is 2.42 bits per heavy atom. The van der Waals surface area contributed by atoms with Crippen LogP contribution in [0.15, 0.2) is 42.5 Å². The predicted octanol–water partition coefficient (Wildman–Crippen LogP) is 4.92. The number of Topliss-reactive ketones (excluding diaryl/α,β-unsaturated/α-hetero) is 1. The van der Waals surface area contributed by atoms with Gasteiger partial charge in [0, 0.05) is 24.2 Å². The fraction of sp³-hybridized carbons (Fsp3) is 0.476. The summed E-state index contributed by atoms with van der Waals surface area (Å²) in [6, 6.07) is 14.1. The molecule has 0 aliphatic heterocycles. The van der Waals surface area contributed by atoms with Crippen LogP contribution in [0.5, 0.6) is 0 Å². The fourth-order valence-electron chi connectivity index (χ4n) is 4.16. The third-order valence-electron chi connectivity index (χ3n) is 5.23. The van der Waals surface area contributed by atoms with Crippen LogP contribution < -0.4 is 0 Å². The molecule has 2 rings (SSSR count). The van der Waals surface area contributed by atoms with Gasteiger partial charge in [-0.15, -0.1) is 6.58 Å². The molecule has 0 saturated heterocycles. The first-order valence-corrected chi connectivity index (χ1v) is 8.45. The highest BCUT2D eigenvalue weighted by molar-refractivity contribution is 5.86. The number of hydrogen-bond acceptors (Lipinski definition) is 3. The van der Waals surface area contributed by atoms with Crippen molar-refractivity contribution in [1.29, 1.82) is 10.5 Å². The summed E-state index contributed by atoms with van der Waals surface area (Å²) in [5.41, 5.74) is -0.305.